The van der Waals surface area contributed by atoms with Crippen molar-refractivity contribution < 1.29 is 4.79 Å². The first-order chi connectivity index (χ1) is 8.24. The highest BCUT2D eigenvalue weighted by Gasteiger charge is 2.22. The lowest BCUT2D eigenvalue weighted by molar-refractivity contribution is -0.121. The van der Waals surface area contributed by atoms with E-state index in [0.717, 1.165) is 25.9 Å². The van der Waals surface area contributed by atoms with Gasteiger partial charge in [0.25, 0.3) is 0 Å². The minimum atomic E-state index is 0.162. The summed E-state index contributed by atoms with van der Waals surface area (Å²) < 4.78 is 2.03. The Bertz CT molecular complexity index is 345. The number of rotatable bonds is 7. The lowest BCUT2D eigenvalue weighted by Gasteiger charge is -2.14. The summed E-state index contributed by atoms with van der Waals surface area (Å²) in [7, 11) is 0. The van der Waals surface area contributed by atoms with E-state index in [-0.39, 0.29) is 5.91 Å². The molecule has 2 N–H and O–H groups in total. The largest absolute Gasteiger partial charge is 0.353 e. The Morgan fingerprint density at radius 2 is 2.41 bits per heavy atom. The van der Waals surface area contributed by atoms with Gasteiger partial charge in [-0.15, -0.1) is 0 Å². The fourth-order valence-electron chi connectivity index (χ4n) is 1.74. The van der Waals surface area contributed by atoms with E-state index in [1.54, 1.807) is 12.5 Å². The first kappa shape index (κ1) is 12.1. The number of hydrogen-bond acceptors (Lipinski definition) is 3. The van der Waals surface area contributed by atoms with Crippen molar-refractivity contribution in [1.29, 1.82) is 0 Å². The zero-order chi connectivity index (χ0) is 12.1. The highest BCUT2D eigenvalue weighted by Crippen LogP contribution is 2.18. The van der Waals surface area contributed by atoms with Crippen LogP contribution in [-0.2, 0) is 11.3 Å². The molecule has 1 aromatic rings. The summed E-state index contributed by atoms with van der Waals surface area (Å²) in [6, 6.07) is 0.809. The van der Waals surface area contributed by atoms with Crippen LogP contribution >= 0.6 is 0 Å². The van der Waals surface area contributed by atoms with Crippen molar-refractivity contribution in [2.24, 2.45) is 0 Å². The topological polar surface area (TPSA) is 59.0 Å². The van der Waals surface area contributed by atoms with E-state index in [1.807, 2.05) is 10.8 Å². The highest BCUT2D eigenvalue weighted by atomic mass is 16.1. The van der Waals surface area contributed by atoms with Crippen LogP contribution in [0, 0.1) is 0 Å². The third-order valence-corrected chi connectivity index (χ3v) is 2.83. The van der Waals surface area contributed by atoms with E-state index in [9.17, 15) is 4.79 Å². The minimum absolute atomic E-state index is 0.162. The predicted molar refractivity (Wildman–Crippen MR) is 65.5 cm³/mol. The van der Waals surface area contributed by atoms with Gasteiger partial charge in [0.05, 0.1) is 6.33 Å². The van der Waals surface area contributed by atoms with Crippen LogP contribution in [0.1, 0.15) is 26.2 Å². The van der Waals surface area contributed by atoms with Gasteiger partial charge in [0, 0.05) is 44.0 Å². The Morgan fingerprint density at radius 3 is 3.06 bits per heavy atom. The van der Waals surface area contributed by atoms with Gasteiger partial charge in [-0.1, -0.05) is 0 Å². The molecule has 1 aromatic heterocycles. The van der Waals surface area contributed by atoms with Gasteiger partial charge in [-0.2, -0.15) is 0 Å². The maximum Gasteiger partial charge on any atom is 0.221 e. The summed E-state index contributed by atoms with van der Waals surface area (Å²) >= 11 is 0. The van der Waals surface area contributed by atoms with Gasteiger partial charge in [-0.3, -0.25) is 4.79 Å². The third-order valence-electron chi connectivity index (χ3n) is 2.83. The van der Waals surface area contributed by atoms with Crippen LogP contribution in [0.15, 0.2) is 18.7 Å². The summed E-state index contributed by atoms with van der Waals surface area (Å²) in [5.74, 6) is 0.162. The summed E-state index contributed by atoms with van der Waals surface area (Å²) in [6.45, 7) is 3.72. The zero-order valence-electron chi connectivity index (χ0n) is 10.2. The Balaban J connectivity index is 1.56. The number of imidazole rings is 1. The van der Waals surface area contributed by atoms with Gasteiger partial charge in [0.1, 0.15) is 0 Å². The van der Waals surface area contributed by atoms with Crippen LogP contribution < -0.4 is 10.6 Å². The number of carbonyl (C=O) groups excluding carboxylic acids is 1. The van der Waals surface area contributed by atoms with E-state index in [2.05, 4.69) is 22.5 Å². The number of amides is 1. The number of aromatic nitrogens is 2. The first-order valence-electron chi connectivity index (χ1n) is 6.22. The lowest BCUT2D eigenvalue weighted by atomic mass is 10.3. The summed E-state index contributed by atoms with van der Waals surface area (Å²) in [6.07, 6.45) is 8.38. The number of nitrogens with zero attached hydrogens (tertiary/aromatic N) is 2. The number of hydrogen-bond donors (Lipinski definition) is 2. The summed E-state index contributed by atoms with van der Waals surface area (Å²) in [4.78, 5) is 15.4. The predicted octanol–water partition coefficient (Wildman–Crippen LogP) is 0.530. The summed E-state index contributed by atoms with van der Waals surface area (Å²) in [5.41, 5.74) is 0. The van der Waals surface area contributed by atoms with Gasteiger partial charge in [-0.25, -0.2) is 4.98 Å². The monoisotopic (exact) mass is 236 g/mol. The van der Waals surface area contributed by atoms with E-state index in [1.165, 1.54) is 0 Å². The molecular weight excluding hydrogens is 216 g/mol. The molecular formula is C12H20N4O. The average Bonchev–Trinajstić information content (AvgIpc) is 2.93. The molecule has 1 fully saturated rings. The first-order valence-corrected chi connectivity index (χ1v) is 6.22. The third kappa shape index (κ3) is 4.56. The van der Waals surface area contributed by atoms with Crippen LogP contribution in [0.4, 0.5) is 0 Å². The number of carbonyl (C=O) groups is 1. The smallest absolute Gasteiger partial charge is 0.221 e. The van der Waals surface area contributed by atoms with Gasteiger partial charge in [0.15, 0.2) is 0 Å². The molecule has 2 rings (SSSR count). The van der Waals surface area contributed by atoms with Gasteiger partial charge in [-0.05, 0) is 19.8 Å². The summed E-state index contributed by atoms with van der Waals surface area (Å²) in [5, 5.41) is 6.32. The van der Waals surface area contributed by atoms with Gasteiger partial charge < -0.3 is 15.2 Å². The van der Waals surface area contributed by atoms with Gasteiger partial charge >= 0.3 is 0 Å². The van der Waals surface area contributed by atoms with E-state index < -0.39 is 0 Å². The fraction of sp³-hybridized carbons (Fsp3) is 0.667. The van der Waals surface area contributed by atoms with Crippen molar-refractivity contribution in [2.45, 2.75) is 44.8 Å². The molecule has 0 saturated heterocycles. The fourth-order valence-corrected chi connectivity index (χ4v) is 1.74. The Kier molecular flexibility index (Phi) is 4.14. The maximum atomic E-state index is 11.4. The van der Waals surface area contributed by atoms with Crippen molar-refractivity contribution >= 4 is 5.91 Å². The van der Waals surface area contributed by atoms with Crippen LogP contribution in [0.25, 0.3) is 0 Å². The van der Waals surface area contributed by atoms with E-state index in [0.29, 0.717) is 18.5 Å². The molecule has 5 nitrogen and oxygen atoms in total. The molecule has 5 heteroatoms. The molecule has 0 aliphatic heterocycles. The van der Waals surface area contributed by atoms with Crippen molar-refractivity contribution in [3.8, 4) is 0 Å². The van der Waals surface area contributed by atoms with Crippen LogP contribution in [-0.4, -0.2) is 34.1 Å². The minimum Gasteiger partial charge on any atom is -0.353 e. The molecule has 1 heterocycles. The Labute approximate surface area is 102 Å². The normalized spacial score (nSPS) is 16.8. The Morgan fingerprint density at radius 1 is 1.59 bits per heavy atom. The molecule has 1 atom stereocenters. The standard InChI is InChI=1S/C12H20N4O/c1-10(8-16-7-6-13-9-16)14-5-4-12(17)15-11-2-3-11/h6-7,9-11,14H,2-5,8H2,1H3,(H,15,17). The van der Waals surface area contributed by atoms with Crippen molar-refractivity contribution in [2.75, 3.05) is 6.54 Å². The van der Waals surface area contributed by atoms with Crippen LogP contribution in [0.5, 0.6) is 0 Å². The molecule has 0 aromatic carbocycles. The second-order valence-corrected chi connectivity index (χ2v) is 4.71. The second kappa shape index (κ2) is 5.82. The van der Waals surface area contributed by atoms with Crippen molar-refractivity contribution in [3.63, 3.8) is 0 Å². The van der Waals surface area contributed by atoms with E-state index in [4.69, 9.17) is 0 Å². The van der Waals surface area contributed by atoms with Crippen molar-refractivity contribution in [1.82, 2.24) is 20.2 Å². The van der Waals surface area contributed by atoms with Crippen LogP contribution in [0.3, 0.4) is 0 Å². The van der Waals surface area contributed by atoms with Crippen LogP contribution in [0.2, 0.25) is 0 Å². The maximum absolute atomic E-state index is 11.4. The molecule has 94 valence electrons. The molecule has 1 amide bonds. The molecule has 1 unspecified atom stereocenters. The number of nitrogens with one attached hydrogen (secondary N) is 2. The lowest BCUT2D eigenvalue weighted by Crippen LogP contribution is -2.34. The molecule has 0 spiro atoms. The average molecular weight is 236 g/mol. The molecule has 1 aliphatic rings. The molecule has 0 bridgehead atoms. The molecule has 1 aliphatic carbocycles. The highest BCUT2D eigenvalue weighted by molar-refractivity contribution is 5.76. The van der Waals surface area contributed by atoms with Gasteiger partial charge in [0.2, 0.25) is 5.91 Å². The molecule has 1 saturated carbocycles. The quantitative estimate of drug-likeness (QED) is 0.726. The molecule has 17 heavy (non-hydrogen) atoms. The zero-order valence-corrected chi connectivity index (χ0v) is 10.2. The Hall–Kier alpha value is -1.36. The van der Waals surface area contributed by atoms with Crippen molar-refractivity contribution in [3.05, 3.63) is 18.7 Å². The SMILES string of the molecule is CC(Cn1ccnc1)NCCC(=O)NC1CC1. The van der Waals surface area contributed by atoms with E-state index >= 15 is 0 Å². The molecule has 0 radical (unpaired) electrons. The second-order valence-electron chi connectivity index (χ2n) is 4.71.